The van der Waals surface area contributed by atoms with Crippen molar-refractivity contribution >= 4 is 22.9 Å². The fourth-order valence-electron chi connectivity index (χ4n) is 3.89. The molecule has 3 aliphatic rings. The summed E-state index contributed by atoms with van der Waals surface area (Å²) in [5.74, 6) is 0.508. The van der Waals surface area contributed by atoms with E-state index in [1.54, 1.807) is 6.07 Å². The lowest BCUT2D eigenvalue weighted by molar-refractivity contribution is -0.384. The summed E-state index contributed by atoms with van der Waals surface area (Å²) in [5.41, 5.74) is -0.826. The molecule has 1 aromatic carbocycles. The third-order valence-electron chi connectivity index (χ3n) is 5.12. The normalized spacial score (nSPS) is 29.8. The number of nitro groups is 1. The second-order valence-electron chi connectivity index (χ2n) is 6.41. The molecule has 0 spiro atoms. The van der Waals surface area contributed by atoms with E-state index in [1.165, 1.54) is 12.1 Å². The van der Waals surface area contributed by atoms with Gasteiger partial charge in [0, 0.05) is 24.1 Å². The minimum atomic E-state index is -1.09. The van der Waals surface area contributed by atoms with Crippen LogP contribution in [0.15, 0.2) is 22.6 Å². The SMILES string of the molecule is O=Cc1cc([N+](=O)[O-])cc2cc(C3(O)CN4CCC3CC4)oc12. The second-order valence-corrected chi connectivity index (χ2v) is 6.41. The first-order valence-corrected chi connectivity index (χ1v) is 7.63. The van der Waals surface area contributed by atoms with Crippen LogP contribution in [0, 0.1) is 16.0 Å². The maximum absolute atomic E-state index is 11.2. The van der Waals surface area contributed by atoms with Gasteiger partial charge in [-0.15, -0.1) is 0 Å². The molecular formula is C16H16N2O5. The van der Waals surface area contributed by atoms with E-state index in [-0.39, 0.29) is 17.2 Å². The molecule has 2 bridgehead atoms. The highest BCUT2D eigenvalue weighted by atomic mass is 16.6. The molecule has 1 unspecified atom stereocenters. The molecule has 5 rings (SSSR count). The molecule has 0 amide bonds. The minimum Gasteiger partial charge on any atom is -0.457 e. The number of piperidine rings is 3. The molecule has 120 valence electrons. The van der Waals surface area contributed by atoms with Gasteiger partial charge in [-0.25, -0.2) is 0 Å². The summed E-state index contributed by atoms with van der Waals surface area (Å²) >= 11 is 0. The van der Waals surface area contributed by atoms with Crippen molar-refractivity contribution in [3.63, 3.8) is 0 Å². The van der Waals surface area contributed by atoms with Crippen LogP contribution in [0.25, 0.3) is 11.0 Å². The molecule has 1 atom stereocenters. The smallest absolute Gasteiger partial charge is 0.271 e. The Morgan fingerprint density at radius 3 is 2.65 bits per heavy atom. The number of fused-ring (bicyclic) bond motifs is 4. The number of aldehydes is 1. The zero-order chi connectivity index (χ0) is 16.2. The summed E-state index contributed by atoms with van der Waals surface area (Å²) in [6.45, 7) is 2.44. The van der Waals surface area contributed by atoms with Crippen LogP contribution in [0.3, 0.4) is 0 Å². The number of aliphatic hydroxyl groups is 1. The van der Waals surface area contributed by atoms with Crippen LogP contribution in [0.1, 0.15) is 29.0 Å². The fourth-order valence-corrected chi connectivity index (χ4v) is 3.89. The molecule has 4 heterocycles. The zero-order valence-electron chi connectivity index (χ0n) is 12.4. The van der Waals surface area contributed by atoms with Crippen LogP contribution in [0.5, 0.6) is 0 Å². The van der Waals surface area contributed by atoms with Crippen molar-refractivity contribution in [1.29, 1.82) is 0 Å². The number of furan rings is 1. The molecule has 3 aliphatic heterocycles. The highest BCUT2D eigenvalue weighted by Crippen LogP contribution is 2.44. The van der Waals surface area contributed by atoms with E-state index in [0.717, 1.165) is 25.9 Å². The van der Waals surface area contributed by atoms with Gasteiger partial charge < -0.3 is 9.52 Å². The first-order chi connectivity index (χ1) is 11.0. The fraction of sp³-hybridized carbons (Fsp3) is 0.438. The zero-order valence-corrected chi connectivity index (χ0v) is 12.4. The van der Waals surface area contributed by atoms with E-state index in [1.807, 2.05) is 0 Å². The molecule has 2 aromatic rings. The third kappa shape index (κ3) is 2.08. The van der Waals surface area contributed by atoms with Gasteiger partial charge in [0.25, 0.3) is 5.69 Å². The van der Waals surface area contributed by atoms with E-state index in [9.17, 15) is 20.0 Å². The molecule has 0 radical (unpaired) electrons. The number of hydrogen-bond donors (Lipinski definition) is 1. The lowest BCUT2D eigenvalue weighted by Gasteiger charge is -2.49. The van der Waals surface area contributed by atoms with Crippen LogP contribution in [0.2, 0.25) is 0 Å². The van der Waals surface area contributed by atoms with Crippen LogP contribution < -0.4 is 0 Å². The monoisotopic (exact) mass is 316 g/mol. The highest BCUT2D eigenvalue weighted by molar-refractivity contribution is 5.96. The molecule has 7 nitrogen and oxygen atoms in total. The number of nitro benzene ring substituents is 1. The first-order valence-electron chi connectivity index (χ1n) is 7.63. The van der Waals surface area contributed by atoms with Gasteiger partial charge in [-0.3, -0.25) is 19.8 Å². The van der Waals surface area contributed by atoms with Gasteiger partial charge in [-0.05, 0) is 37.9 Å². The Morgan fingerprint density at radius 2 is 2.09 bits per heavy atom. The topological polar surface area (TPSA) is 96.8 Å². The number of non-ortho nitro benzene ring substituents is 1. The largest absolute Gasteiger partial charge is 0.457 e. The maximum atomic E-state index is 11.2. The molecular weight excluding hydrogens is 300 g/mol. The highest BCUT2D eigenvalue weighted by Gasteiger charge is 2.48. The van der Waals surface area contributed by atoms with Gasteiger partial charge in [-0.1, -0.05) is 0 Å². The number of carbonyl (C=O) groups excluding carboxylic acids is 1. The summed E-state index contributed by atoms with van der Waals surface area (Å²) in [7, 11) is 0. The number of nitrogens with zero attached hydrogens (tertiary/aromatic N) is 2. The van der Waals surface area contributed by atoms with Crippen molar-refractivity contribution in [2.24, 2.45) is 5.92 Å². The van der Waals surface area contributed by atoms with Crippen LogP contribution in [-0.2, 0) is 5.60 Å². The van der Waals surface area contributed by atoms with Crippen molar-refractivity contribution in [1.82, 2.24) is 4.90 Å². The Balaban J connectivity index is 1.86. The van der Waals surface area contributed by atoms with E-state index in [2.05, 4.69) is 4.90 Å². The van der Waals surface area contributed by atoms with Crippen LogP contribution in [0.4, 0.5) is 5.69 Å². The van der Waals surface area contributed by atoms with Crippen LogP contribution in [-0.4, -0.2) is 40.9 Å². The number of rotatable bonds is 3. The minimum absolute atomic E-state index is 0.114. The predicted molar refractivity (Wildman–Crippen MR) is 81.3 cm³/mol. The Morgan fingerprint density at radius 1 is 1.35 bits per heavy atom. The van der Waals surface area contributed by atoms with E-state index >= 15 is 0 Å². The maximum Gasteiger partial charge on any atom is 0.271 e. The quantitative estimate of drug-likeness (QED) is 0.529. The van der Waals surface area contributed by atoms with Gasteiger partial charge in [0.15, 0.2) is 6.29 Å². The molecule has 0 saturated carbocycles. The van der Waals surface area contributed by atoms with E-state index in [4.69, 9.17) is 4.42 Å². The summed E-state index contributed by atoms with van der Waals surface area (Å²) in [5, 5.41) is 22.6. The average Bonchev–Trinajstić information content (AvgIpc) is 2.99. The average molecular weight is 316 g/mol. The van der Waals surface area contributed by atoms with Gasteiger partial charge in [-0.2, -0.15) is 0 Å². The molecule has 3 saturated heterocycles. The molecule has 1 aromatic heterocycles. The van der Waals surface area contributed by atoms with Crippen molar-refractivity contribution < 1.29 is 19.2 Å². The molecule has 23 heavy (non-hydrogen) atoms. The van der Waals surface area contributed by atoms with E-state index in [0.29, 0.717) is 29.6 Å². The summed E-state index contributed by atoms with van der Waals surface area (Å²) in [4.78, 5) is 23.9. The lowest BCUT2D eigenvalue weighted by Crippen LogP contribution is -2.56. The van der Waals surface area contributed by atoms with Gasteiger partial charge >= 0.3 is 0 Å². The Bertz CT molecular complexity index is 806. The van der Waals surface area contributed by atoms with Crippen molar-refractivity contribution in [3.05, 3.63) is 39.6 Å². The lowest BCUT2D eigenvalue weighted by atomic mass is 9.74. The Labute approximate surface area is 131 Å². The molecule has 1 N–H and O–H groups in total. The Hall–Kier alpha value is -2.25. The number of benzene rings is 1. The number of hydrogen-bond acceptors (Lipinski definition) is 6. The molecule has 3 fully saturated rings. The van der Waals surface area contributed by atoms with Crippen LogP contribution >= 0.6 is 0 Å². The van der Waals surface area contributed by atoms with Gasteiger partial charge in [0.2, 0.25) is 0 Å². The standard InChI is InChI=1S/C16H16N2O5/c19-8-11-6-13(18(21)22)5-10-7-14(23-15(10)11)16(20)9-17-3-1-12(16)2-4-17/h5-8,12,20H,1-4,9H2. The Kier molecular flexibility index (Phi) is 3.04. The summed E-state index contributed by atoms with van der Waals surface area (Å²) < 4.78 is 5.79. The van der Waals surface area contributed by atoms with Crippen molar-refractivity contribution in [2.75, 3.05) is 19.6 Å². The summed E-state index contributed by atoms with van der Waals surface area (Å²) in [6, 6.07) is 4.21. The number of carbonyl (C=O) groups is 1. The summed E-state index contributed by atoms with van der Waals surface area (Å²) in [6.07, 6.45) is 2.34. The molecule has 7 heteroatoms. The molecule has 0 aliphatic carbocycles. The van der Waals surface area contributed by atoms with Gasteiger partial charge in [0.05, 0.1) is 10.5 Å². The second kappa shape index (κ2) is 4.87. The van der Waals surface area contributed by atoms with E-state index < -0.39 is 10.5 Å². The van der Waals surface area contributed by atoms with Crippen molar-refractivity contribution in [3.8, 4) is 0 Å². The van der Waals surface area contributed by atoms with Crippen molar-refractivity contribution in [2.45, 2.75) is 18.4 Å². The van der Waals surface area contributed by atoms with Gasteiger partial charge in [0.1, 0.15) is 16.9 Å². The first kappa shape index (κ1) is 14.3. The third-order valence-corrected chi connectivity index (χ3v) is 5.12. The predicted octanol–water partition coefficient (Wildman–Crippen LogP) is 2.07.